The molecule has 2 aliphatic rings. The van der Waals surface area contributed by atoms with Crippen LogP contribution in [-0.2, 0) is 29.1 Å². The van der Waals surface area contributed by atoms with Crippen LogP contribution in [0.25, 0.3) is 0 Å². The first kappa shape index (κ1) is 18.4. The van der Waals surface area contributed by atoms with Crippen molar-refractivity contribution in [2.45, 2.75) is 83.5 Å². The molecule has 0 saturated carbocycles. The molecule has 0 aliphatic heterocycles. The van der Waals surface area contributed by atoms with Crippen LogP contribution in [0.4, 0.5) is 0 Å². The molecule has 4 rings (SSSR count). The lowest BCUT2D eigenvalue weighted by molar-refractivity contribution is 0.348. The van der Waals surface area contributed by atoms with Crippen molar-refractivity contribution in [3.63, 3.8) is 0 Å². The van der Waals surface area contributed by atoms with Crippen molar-refractivity contribution in [1.29, 1.82) is 0 Å². The maximum atomic E-state index is 10.7. The van der Waals surface area contributed by atoms with Gasteiger partial charge in [0.05, 0.1) is 0 Å². The predicted molar refractivity (Wildman–Crippen MR) is 111 cm³/mol. The van der Waals surface area contributed by atoms with Gasteiger partial charge in [0.25, 0.3) is 0 Å². The molecule has 27 heavy (non-hydrogen) atoms. The van der Waals surface area contributed by atoms with E-state index in [1.807, 2.05) is 12.1 Å². The molecule has 2 heteroatoms. The molecule has 2 aromatic carbocycles. The zero-order chi connectivity index (χ0) is 19.8. The molecule has 2 aromatic rings. The topological polar surface area (TPSA) is 40.5 Å². The van der Waals surface area contributed by atoms with Gasteiger partial charge >= 0.3 is 0 Å². The highest BCUT2D eigenvalue weighted by Crippen LogP contribution is 2.63. The Balaban J connectivity index is 2.03. The van der Waals surface area contributed by atoms with Gasteiger partial charge in [0.1, 0.15) is 11.5 Å². The van der Waals surface area contributed by atoms with E-state index in [1.54, 1.807) is 0 Å². The summed E-state index contributed by atoms with van der Waals surface area (Å²) in [6.07, 6.45) is 3.71. The highest BCUT2D eigenvalue weighted by molar-refractivity contribution is 5.63. The molecular formula is C25H32O2. The standard InChI is InChI=1S/C25H32O2/c1-7-15-9-17-19(11-21(15)26)25(13-23(17,3)4)14-24(5,6)18-10-16(8-2)22(27)12-20(18)25/h9-12,26-27H,7-8,13-14H2,1-6H3. The van der Waals surface area contributed by atoms with Gasteiger partial charge in [0, 0.05) is 5.41 Å². The monoisotopic (exact) mass is 364 g/mol. The van der Waals surface area contributed by atoms with Crippen molar-refractivity contribution in [3.05, 3.63) is 57.6 Å². The third-order valence-electron chi connectivity index (χ3n) is 7.18. The fourth-order valence-corrected chi connectivity index (χ4v) is 6.03. The summed E-state index contributed by atoms with van der Waals surface area (Å²) >= 11 is 0. The molecule has 1 spiro atoms. The van der Waals surface area contributed by atoms with Crippen LogP contribution in [0.5, 0.6) is 11.5 Å². The smallest absolute Gasteiger partial charge is 0.119 e. The number of aryl methyl sites for hydroxylation is 2. The van der Waals surface area contributed by atoms with Crippen LogP contribution in [0, 0.1) is 0 Å². The van der Waals surface area contributed by atoms with Crippen molar-refractivity contribution in [3.8, 4) is 11.5 Å². The highest BCUT2D eigenvalue weighted by Gasteiger charge is 2.56. The number of aromatic hydroxyl groups is 2. The van der Waals surface area contributed by atoms with E-state index in [0.717, 1.165) is 36.8 Å². The normalized spacial score (nSPS) is 20.7. The van der Waals surface area contributed by atoms with Crippen molar-refractivity contribution in [2.75, 3.05) is 0 Å². The van der Waals surface area contributed by atoms with E-state index in [2.05, 4.69) is 53.7 Å². The third kappa shape index (κ3) is 2.38. The second-order valence-corrected chi connectivity index (χ2v) is 9.96. The average molecular weight is 365 g/mol. The number of hydrogen-bond acceptors (Lipinski definition) is 2. The summed E-state index contributed by atoms with van der Waals surface area (Å²) in [4.78, 5) is 0. The molecule has 0 bridgehead atoms. The molecule has 2 N–H and O–H groups in total. The van der Waals surface area contributed by atoms with Gasteiger partial charge in [0.15, 0.2) is 0 Å². The summed E-state index contributed by atoms with van der Waals surface area (Å²) < 4.78 is 0. The lowest BCUT2D eigenvalue weighted by Gasteiger charge is -2.30. The van der Waals surface area contributed by atoms with Crippen LogP contribution < -0.4 is 0 Å². The molecule has 144 valence electrons. The molecule has 0 heterocycles. The molecule has 0 fully saturated rings. The van der Waals surface area contributed by atoms with Gasteiger partial charge in [-0.2, -0.15) is 0 Å². The van der Waals surface area contributed by atoms with Crippen LogP contribution in [0.2, 0.25) is 0 Å². The Morgan fingerprint density at radius 1 is 0.667 bits per heavy atom. The van der Waals surface area contributed by atoms with Gasteiger partial charge in [-0.25, -0.2) is 0 Å². The van der Waals surface area contributed by atoms with Crippen LogP contribution in [0.1, 0.15) is 87.8 Å². The predicted octanol–water partition coefficient (Wildman–Crippen LogP) is 5.87. The quantitative estimate of drug-likeness (QED) is 0.699. The molecule has 0 saturated heterocycles. The fraction of sp³-hybridized carbons (Fsp3) is 0.520. The Hall–Kier alpha value is -1.96. The van der Waals surface area contributed by atoms with Gasteiger partial charge in [-0.3, -0.25) is 0 Å². The molecule has 0 unspecified atom stereocenters. The van der Waals surface area contributed by atoms with E-state index in [9.17, 15) is 10.2 Å². The summed E-state index contributed by atoms with van der Waals surface area (Å²) in [6.45, 7) is 13.5. The summed E-state index contributed by atoms with van der Waals surface area (Å²) in [5, 5.41) is 21.3. The van der Waals surface area contributed by atoms with Gasteiger partial charge in [-0.15, -0.1) is 0 Å². The van der Waals surface area contributed by atoms with Crippen molar-refractivity contribution in [2.24, 2.45) is 0 Å². The summed E-state index contributed by atoms with van der Waals surface area (Å²) in [7, 11) is 0. The van der Waals surface area contributed by atoms with E-state index in [1.165, 1.54) is 22.3 Å². The Morgan fingerprint density at radius 2 is 1.04 bits per heavy atom. The second kappa shape index (κ2) is 5.53. The Labute approximate surface area is 163 Å². The maximum Gasteiger partial charge on any atom is 0.119 e. The Morgan fingerprint density at radius 3 is 1.37 bits per heavy atom. The number of fused-ring (bicyclic) bond motifs is 4. The summed E-state index contributed by atoms with van der Waals surface area (Å²) in [6, 6.07) is 8.51. The first-order chi connectivity index (χ1) is 12.6. The molecule has 2 nitrogen and oxygen atoms in total. The van der Waals surface area contributed by atoms with Gasteiger partial charge in [-0.05, 0) is 82.0 Å². The van der Waals surface area contributed by atoms with Gasteiger partial charge < -0.3 is 10.2 Å². The molecule has 0 aromatic heterocycles. The maximum absolute atomic E-state index is 10.7. The third-order valence-corrected chi connectivity index (χ3v) is 7.18. The van der Waals surface area contributed by atoms with Crippen LogP contribution in [0.15, 0.2) is 24.3 Å². The largest absolute Gasteiger partial charge is 0.508 e. The Bertz CT molecular complexity index is 856. The van der Waals surface area contributed by atoms with E-state index < -0.39 is 0 Å². The molecule has 0 radical (unpaired) electrons. The minimum absolute atomic E-state index is 0.0453. The Kier molecular flexibility index (Phi) is 3.77. The minimum atomic E-state index is -0.134. The molecule has 0 amide bonds. The number of phenolic OH excluding ortho intramolecular Hbond substituents is 2. The van der Waals surface area contributed by atoms with Crippen molar-refractivity contribution < 1.29 is 10.2 Å². The average Bonchev–Trinajstić information content (AvgIpc) is 2.93. The number of hydrogen-bond donors (Lipinski definition) is 2. The number of benzene rings is 2. The lowest BCUT2D eigenvalue weighted by atomic mass is 9.72. The zero-order valence-electron chi connectivity index (χ0n) is 17.5. The number of phenols is 2. The van der Waals surface area contributed by atoms with E-state index in [0.29, 0.717) is 11.5 Å². The highest BCUT2D eigenvalue weighted by atomic mass is 16.3. The molecule has 2 aliphatic carbocycles. The zero-order valence-corrected chi connectivity index (χ0v) is 17.5. The first-order valence-corrected chi connectivity index (χ1v) is 10.3. The van der Waals surface area contributed by atoms with E-state index in [-0.39, 0.29) is 16.2 Å². The fourth-order valence-electron chi connectivity index (χ4n) is 6.03. The van der Waals surface area contributed by atoms with Gasteiger partial charge in [0.2, 0.25) is 0 Å². The van der Waals surface area contributed by atoms with Crippen LogP contribution in [0.3, 0.4) is 0 Å². The minimum Gasteiger partial charge on any atom is -0.508 e. The molecule has 0 atom stereocenters. The summed E-state index contributed by atoms with van der Waals surface area (Å²) in [5.74, 6) is 0.822. The van der Waals surface area contributed by atoms with Crippen molar-refractivity contribution >= 4 is 0 Å². The van der Waals surface area contributed by atoms with Crippen LogP contribution in [-0.4, -0.2) is 10.2 Å². The van der Waals surface area contributed by atoms with E-state index in [4.69, 9.17) is 0 Å². The van der Waals surface area contributed by atoms with Crippen molar-refractivity contribution in [1.82, 2.24) is 0 Å². The second-order valence-electron chi connectivity index (χ2n) is 9.96. The summed E-state index contributed by atoms with van der Waals surface area (Å²) in [5.41, 5.74) is 7.26. The van der Waals surface area contributed by atoms with Gasteiger partial charge in [-0.1, -0.05) is 53.7 Å². The number of rotatable bonds is 2. The first-order valence-electron chi connectivity index (χ1n) is 10.3. The van der Waals surface area contributed by atoms with E-state index >= 15 is 0 Å². The lowest BCUT2D eigenvalue weighted by Crippen LogP contribution is -2.26. The van der Waals surface area contributed by atoms with Crippen LogP contribution >= 0.6 is 0 Å². The SMILES string of the molecule is CCc1cc2c(cc1O)C1(CC2(C)C)CC(C)(C)c2cc(CC)c(O)cc21. The molecular weight excluding hydrogens is 332 g/mol.